The standard InChI is InChI=1S/C17H25ClN2O/c1-11(16(21)20-17(2,3)4)19-15(12-5-6-12)13-7-9-14(18)10-8-13/h7-12,15,19H,5-6H2,1-4H3,(H,20,21). The first kappa shape index (κ1) is 16.3. The highest BCUT2D eigenvalue weighted by atomic mass is 35.5. The molecule has 0 bridgehead atoms. The minimum Gasteiger partial charge on any atom is -0.350 e. The van der Waals surface area contributed by atoms with Crippen molar-refractivity contribution in [1.29, 1.82) is 0 Å². The predicted octanol–water partition coefficient (Wildman–Crippen LogP) is 3.68. The second kappa shape index (κ2) is 6.37. The van der Waals surface area contributed by atoms with Gasteiger partial charge in [-0.05, 0) is 64.2 Å². The molecule has 2 unspecified atom stereocenters. The summed E-state index contributed by atoms with van der Waals surface area (Å²) in [5, 5.41) is 7.25. The van der Waals surface area contributed by atoms with Gasteiger partial charge in [0.2, 0.25) is 5.91 Å². The fraction of sp³-hybridized carbons (Fsp3) is 0.588. The van der Waals surface area contributed by atoms with E-state index in [1.165, 1.54) is 18.4 Å². The van der Waals surface area contributed by atoms with Gasteiger partial charge in [-0.1, -0.05) is 23.7 Å². The summed E-state index contributed by atoms with van der Waals surface area (Å²) in [4.78, 5) is 12.2. The lowest BCUT2D eigenvalue weighted by molar-refractivity contribution is -0.124. The van der Waals surface area contributed by atoms with Crippen LogP contribution in [0.1, 0.15) is 52.1 Å². The van der Waals surface area contributed by atoms with E-state index in [-0.39, 0.29) is 23.5 Å². The fourth-order valence-electron chi connectivity index (χ4n) is 2.43. The molecule has 2 N–H and O–H groups in total. The van der Waals surface area contributed by atoms with Crippen molar-refractivity contribution in [2.45, 2.75) is 58.2 Å². The summed E-state index contributed by atoms with van der Waals surface area (Å²) in [7, 11) is 0. The van der Waals surface area contributed by atoms with Crippen LogP contribution in [0.5, 0.6) is 0 Å². The van der Waals surface area contributed by atoms with Crippen LogP contribution in [0.25, 0.3) is 0 Å². The molecule has 1 aromatic carbocycles. The molecule has 0 radical (unpaired) electrons. The molecule has 0 aliphatic heterocycles. The van der Waals surface area contributed by atoms with Gasteiger partial charge in [-0.2, -0.15) is 0 Å². The van der Waals surface area contributed by atoms with Gasteiger partial charge in [0.05, 0.1) is 6.04 Å². The van der Waals surface area contributed by atoms with Crippen LogP contribution < -0.4 is 10.6 Å². The number of carbonyl (C=O) groups is 1. The fourth-order valence-corrected chi connectivity index (χ4v) is 2.55. The maximum absolute atomic E-state index is 12.2. The summed E-state index contributed by atoms with van der Waals surface area (Å²) in [5.41, 5.74) is 1.000. The van der Waals surface area contributed by atoms with Crippen LogP contribution >= 0.6 is 11.6 Å². The first-order valence-corrected chi connectivity index (χ1v) is 7.97. The van der Waals surface area contributed by atoms with E-state index in [1.807, 2.05) is 52.0 Å². The molecule has 2 atom stereocenters. The minimum absolute atomic E-state index is 0.0436. The maximum Gasteiger partial charge on any atom is 0.237 e. The molecule has 2 rings (SSSR count). The average Bonchev–Trinajstić information content (AvgIpc) is 3.19. The summed E-state index contributed by atoms with van der Waals surface area (Å²) >= 11 is 5.96. The third kappa shape index (κ3) is 5.01. The number of hydrogen-bond acceptors (Lipinski definition) is 2. The Hall–Kier alpha value is -1.06. The highest BCUT2D eigenvalue weighted by Crippen LogP contribution is 2.41. The first-order valence-electron chi connectivity index (χ1n) is 7.60. The van der Waals surface area contributed by atoms with E-state index in [1.54, 1.807) is 0 Å². The van der Waals surface area contributed by atoms with Gasteiger partial charge >= 0.3 is 0 Å². The third-order valence-corrected chi connectivity index (χ3v) is 3.90. The topological polar surface area (TPSA) is 41.1 Å². The highest BCUT2D eigenvalue weighted by Gasteiger charge is 2.34. The molecule has 1 aliphatic carbocycles. The Kier molecular flexibility index (Phi) is 4.95. The Morgan fingerprint density at radius 3 is 2.29 bits per heavy atom. The van der Waals surface area contributed by atoms with Crippen LogP contribution in [0.2, 0.25) is 5.02 Å². The van der Waals surface area contributed by atoms with E-state index >= 15 is 0 Å². The predicted molar refractivity (Wildman–Crippen MR) is 87.4 cm³/mol. The van der Waals surface area contributed by atoms with Crippen molar-refractivity contribution < 1.29 is 4.79 Å². The van der Waals surface area contributed by atoms with E-state index in [2.05, 4.69) is 10.6 Å². The lowest BCUT2D eigenvalue weighted by Crippen LogP contribution is -2.50. The quantitative estimate of drug-likeness (QED) is 0.871. The highest BCUT2D eigenvalue weighted by molar-refractivity contribution is 6.30. The van der Waals surface area contributed by atoms with Crippen molar-refractivity contribution in [1.82, 2.24) is 10.6 Å². The number of halogens is 1. The van der Waals surface area contributed by atoms with Crippen LogP contribution in [0.3, 0.4) is 0 Å². The Labute approximate surface area is 132 Å². The van der Waals surface area contributed by atoms with Crippen molar-refractivity contribution in [2.75, 3.05) is 0 Å². The Balaban J connectivity index is 2.03. The van der Waals surface area contributed by atoms with Crippen LogP contribution in [0.15, 0.2) is 24.3 Å². The molecule has 4 heteroatoms. The minimum atomic E-state index is -0.217. The molecular formula is C17H25ClN2O. The van der Waals surface area contributed by atoms with Gasteiger partial charge in [0, 0.05) is 16.6 Å². The lowest BCUT2D eigenvalue weighted by atomic mass is 10.0. The second-order valence-electron chi connectivity index (χ2n) is 6.99. The molecule has 1 aromatic rings. The van der Waals surface area contributed by atoms with E-state index in [0.29, 0.717) is 5.92 Å². The zero-order valence-electron chi connectivity index (χ0n) is 13.2. The smallest absolute Gasteiger partial charge is 0.237 e. The SMILES string of the molecule is CC(NC(c1ccc(Cl)cc1)C1CC1)C(=O)NC(C)(C)C. The zero-order valence-corrected chi connectivity index (χ0v) is 14.0. The molecule has 21 heavy (non-hydrogen) atoms. The molecule has 3 nitrogen and oxygen atoms in total. The largest absolute Gasteiger partial charge is 0.350 e. The molecule has 0 aromatic heterocycles. The van der Waals surface area contributed by atoms with Gasteiger partial charge < -0.3 is 5.32 Å². The Bertz CT molecular complexity index is 489. The van der Waals surface area contributed by atoms with Gasteiger partial charge in [-0.15, -0.1) is 0 Å². The normalized spacial score (nSPS) is 18.1. The lowest BCUT2D eigenvalue weighted by Gasteiger charge is -2.27. The van der Waals surface area contributed by atoms with E-state index in [9.17, 15) is 4.79 Å². The van der Waals surface area contributed by atoms with E-state index in [0.717, 1.165) is 5.02 Å². The molecule has 1 aliphatic rings. The van der Waals surface area contributed by atoms with Crippen molar-refractivity contribution in [3.63, 3.8) is 0 Å². The number of hydrogen-bond donors (Lipinski definition) is 2. The zero-order chi connectivity index (χ0) is 15.6. The summed E-state index contributed by atoms with van der Waals surface area (Å²) < 4.78 is 0. The third-order valence-electron chi connectivity index (χ3n) is 3.64. The number of amides is 1. The van der Waals surface area contributed by atoms with Crippen molar-refractivity contribution in [3.05, 3.63) is 34.9 Å². The van der Waals surface area contributed by atoms with Gasteiger partial charge in [-0.3, -0.25) is 10.1 Å². The summed E-state index contributed by atoms with van der Waals surface area (Å²) in [5.74, 6) is 0.665. The van der Waals surface area contributed by atoms with Crippen LogP contribution in [-0.4, -0.2) is 17.5 Å². The summed E-state index contributed by atoms with van der Waals surface area (Å²) in [6.07, 6.45) is 2.43. The van der Waals surface area contributed by atoms with Crippen molar-refractivity contribution in [2.24, 2.45) is 5.92 Å². The van der Waals surface area contributed by atoms with Crippen molar-refractivity contribution in [3.8, 4) is 0 Å². The van der Waals surface area contributed by atoms with Gasteiger partial charge in [0.15, 0.2) is 0 Å². The first-order chi connectivity index (χ1) is 9.76. The molecule has 1 saturated carbocycles. The van der Waals surface area contributed by atoms with E-state index in [4.69, 9.17) is 11.6 Å². The average molecular weight is 309 g/mol. The van der Waals surface area contributed by atoms with Crippen molar-refractivity contribution >= 4 is 17.5 Å². The molecule has 0 heterocycles. The summed E-state index contributed by atoms with van der Waals surface area (Å²) in [6.45, 7) is 7.91. The number of rotatable bonds is 5. The van der Waals surface area contributed by atoms with Crippen LogP contribution in [0.4, 0.5) is 0 Å². The molecule has 116 valence electrons. The molecule has 0 spiro atoms. The molecule has 0 saturated heterocycles. The molecule has 1 amide bonds. The monoisotopic (exact) mass is 308 g/mol. The molecule has 1 fully saturated rings. The Morgan fingerprint density at radius 1 is 1.24 bits per heavy atom. The van der Waals surface area contributed by atoms with Crippen LogP contribution in [-0.2, 0) is 4.79 Å². The van der Waals surface area contributed by atoms with Gasteiger partial charge in [0.1, 0.15) is 0 Å². The molecular weight excluding hydrogens is 284 g/mol. The summed E-state index contributed by atoms with van der Waals surface area (Å²) in [6, 6.07) is 7.93. The number of benzene rings is 1. The maximum atomic E-state index is 12.2. The Morgan fingerprint density at radius 2 is 1.81 bits per heavy atom. The van der Waals surface area contributed by atoms with Gasteiger partial charge in [-0.25, -0.2) is 0 Å². The van der Waals surface area contributed by atoms with E-state index < -0.39 is 0 Å². The number of carbonyl (C=O) groups excluding carboxylic acids is 1. The van der Waals surface area contributed by atoms with Gasteiger partial charge in [0.25, 0.3) is 0 Å². The van der Waals surface area contributed by atoms with Crippen LogP contribution in [0, 0.1) is 5.92 Å². The second-order valence-corrected chi connectivity index (χ2v) is 7.43. The number of nitrogens with one attached hydrogen (secondary N) is 2.